The molecule has 0 spiro atoms. The van der Waals surface area contributed by atoms with E-state index in [0.717, 1.165) is 58.4 Å². The molecule has 4 nitrogen and oxygen atoms in total. The van der Waals surface area contributed by atoms with E-state index in [1.54, 1.807) is 6.20 Å². The number of rotatable bonds is 5. The van der Waals surface area contributed by atoms with Gasteiger partial charge in [0.1, 0.15) is 0 Å². The predicted octanol–water partition coefficient (Wildman–Crippen LogP) is 8.22. The van der Waals surface area contributed by atoms with Crippen molar-refractivity contribution in [3.63, 3.8) is 0 Å². The molecule has 2 aromatic heterocycles. The van der Waals surface area contributed by atoms with Crippen LogP contribution in [-0.4, -0.2) is 29.5 Å². The molecule has 232 valence electrons. The molecule has 5 aromatic rings. The van der Waals surface area contributed by atoms with E-state index >= 15 is 0 Å². The van der Waals surface area contributed by atoms with Crippen LogP contribution in [0.3, 0.4) is 0 Å². The summed E-state index contributed by atoms with van der Waals surface area (Å²) in [6, 6.07) is 27.6. The molecule has 6 rings (SSSR count). The second-order valence-corrected chi connectivity index (χ2v) is 18.1. The average Bonchev–Trinajstić information content (AvgIpc) is 3.22. The van der Waals surface area contributed by atoms with Gasteiger partial charge in [-0.2, -0.15) is 0 Å². The van der Waals surface area contributed by atoms with E-state index in [9.17, 15) is 3.10 Å². The van der Waals surface area contributed by atoms with E-state index in [1.165, 1.54) is 11.1 Å². The van der Waals surface area contributed by atoms with Crippen molar-refractivity contribution in [1.82, 2.24) is 9.97 Å². The smallest absolute Gasteiger partial charge is 2.00 e. The molecule has 0 amide bonds. The van der Waals surface area contributed by atoms with Gasteiger partial charge < -0.3 is 0 Å². The Morgan fingerprint density at radius 3 is 2.07 bits per heavy atom. The summed E-state index contributed by atoms with van der Waals surface area (Å²) in [6.45, 7) is 17.4. The maximum atomic E-state index is 13.8. The molecule has 6 heteroatoms. The fraction of sp³-hybridized carbons (Fsp3) is 0.282. The number of fused-ring (bicyclic) bond motifs is 3. The van der Waals surface area contributed by atoms with Crippen molar-refractivity contribution in [2.24, 2.45) is 5.41 Å². The first-order chi connectivity index (χ1) is 20.7. The van der Waals surface area contributed by atoms with E-state index in [4.69, 9.17) is 9.72 Å². The van der Waals surface area contributed by atoms with Crippen molar-refractivity contribution in [3.8, 4) is 45.1 Å². The van der Waals surface area contributed by atoms with Crippen LogP contribution in [0.4, 0.5) is 0 Å². The minimum Gasteiger partial charge on any atom is 2.00 e. The molecule has 1 aliphatic rings. The fourth-order valence-electron chi connectivity index (χ4n) is 5.73. The first-order valence-corrected chi connectivity index (χ1v) is 18.3. The van der Waals surface area contributed by atoms with Gasteiger partial charge in [0.25, 0.3) is 0 Å². The standard InChI is InChI=1S/C39H38N2O2Te.Pt/c1-24-15-27(33-22-29(11-13-40-33)39(6,7)8)20-30(17-24)43-31-18-25(2)16-28(21-31)37-36-32-10-9-26(23-38(3,4)5)19-35(32)44(42)34(36)12-14-41-37;/h9-19,22H,23H2,1-8H3;/q-2;+2. The van der Waals surface area contributed by atoms with E-state index in [2.05, 4.69) is 108 Å². The van der Waals surface area contributed by atoms with Gasteiger partial charge in [-0.3, -0.25) is 0 Å². The Kier molecular flexibility index (Phi) is 9.41. The van der Waals surface area contributed by atoms with Crippen LogP contribution in [0.15, 0.2) is 73.1 Å². The molecule has 0 atom stereocenters. The van der Waals surface area contributed by atoms with Gasteiger partial charge in [-0.25, -0.2) is 0 Å². The number of ether oxygens (including phenoxy) is 1. The fourth-order valence-corrected chi connectivity index (χ4v) is 9.85. The monoisotopic (exact) mass is 891 g/mol. The first kappa shape index (κ1) is 33.4. The van der Waals surface area contributed by atoms with E-state index in [1.807, 2.05) is 31.3 Å². The van der Waals surface area contributed by atoms with Crippen LogP contribution in [0.5, 0.6) is 11.5 Å². The zero-order valence-corrected chi connectivity index (χ0v) is 31.7. The summed E-state index contributed by atoms with van der Waals surface area (Å²) in [5.74, 6) is 1.19. The van der Waals surface area contributed by atoms with Crippen LogP contribution in [0.1, 0.15) is 63.8 Å². The summed E-state index contributed by atoms with van der Waals surface area (Å²) in [5, 5.41) is 0. The Morgan fingerprint density at radius 2 is 1.40 bits per heavy atom. The average molecular weight is 889 g/mol. The summed E-state index contributed by atoms with van der Waals surface area (Å²) in [5.41, 5.74) is 10.1. The van der Waals surface area contributed by atoms with Gasteiger partial charge in [-0.1, -0.05) is 20.8 Å². The van der Waals surface area contributed by atoms with Gasteiger partial charge in [0, 0.05) is 6.20 Å². The minimum absolute atomic E-state index is 0. The molecule has 1 aliphatic heterocycles. The van der Waals surface area contributed by atoms with Crippen molar-refractivity contribution >= 4 is 26.8 Å². The molecule has 0 aliphatic carbocycles. The van der Waals surface area contributed by atoms with Crippen molar-refractivity contribution in [2.75, 3.05) is 0 Å². The van der Waals surface area contributed by atoms with Gasteiger partial charge in [-0.05, 0) is 17.0 Å². The Morgan fingerprint density at radius 1 is 0.756 bits per heavy atom. The number of aryl methyl sites for hydroxylation is 2. The number of hydrogen-bond donors (Lipinski definition) is 0. The summed E-state index contributed by atoms with van der Waals surface area (Å²) in [7, 11) is 0. The molecule has 0 unspecified atom stereocenters. The molecule has 3 aromatic carbocycles. The summed E-state index contributed by atoms with van der Waals surface area (Å²) in [6.07, 6.45) is 4.58. The number of pyridine rings is 2. The second-order valence-electron chi connectivity index (χ2n) is 14.0. The molecule has 3 heterocycles. The Hall–Kier alpha value is -2.96. The molecule has 0 bridgehead atoms. The first-order valence-electron chi connectivity index (χ1n) is 15.0. The van der Waals surface area contributed by atoms with Crippen LogP contribution >= 0.6 is 0 Å². The van der Waals surface area contributed by atoms with Crippen molar-refractivity contribution < 1.29 is 28.9 Å². The second kappa shape index (κ2) is 12.7. The zero-order chi connectivity index (χ0) is 31.4. The van der Waals surface area contributed by atoms with E-state index < -0.39 is 19.5 Å². The topological polar surface area (TPSA) is 52.1 Å². The summed E-state index contributed by atoms with van der Waals surface area (Å²) < 4.78 is 22.1. The zero-order valence-electron chi connectivity index (χ0n) is 27.1. The maximum Gasteiger partial charge on any atom is 2.00 e. The van der Waals surface area contributed by atoms with Gasteiger partial charge in [0.15, 0.2) is 0 Å². The van der Waals surface area contributed by atoms with Crippen LogP contribution in [0.25, 0.3) is 33.6 Å². The normalized spacial score (nSPS) is 12.8. The van der Waals surface area contributed by atoms with Crippen LogP contribution in [0.2, 0.25) is 0 Å². The molecule has 0 radical (unpaired) electrons. The molecule has 0 fully saturated rings. The summed E-state index contributed by atoms with van der Waals surface area (Å²) >= 11 is -2.94. The number of aromatic nitrogens is 2. The third-order valence-corrected chi connectivity index (χ3v) is 11.9. The van der Waals surface area contributed by atoms with Gasteiger partial charge >= 0.3 is 247 Å². The summed E-state index contributed by atoms with van der Waals surface area (Å²) in [4.78, 5) is 9.44. The van der Waals surface area contributed by atoms with E-state index in [-0.39, 0.29) is 31.9 Å². The quantitative estimate of drug-likeness (QED) is 0.130. The van der Waals surface area contributed by atoms with Crippen LogP contribution < -0.4 is 12.0 Å². The van der Waals surface area contributed by atoms with Gasteiger partial charge in [0.05, 0.1) is 0 Å². The Bertz CT molecular complexity index is 1940. The Labute approximate surface area is 289 Å². The molecular formula is C39H38N2O2PtTe. The third kappa shape index (κ3) is 7.23. The third-order valence-electron chi connectivity index (χ3n) is 7.72. The van der Waals surface area contributed by atoms with Crippen molar-refractivity contribution in [2.45, 2.75) is 67.2 Å². The molecule has 0 N–H and O–H groups in total. The van der Waals surface area contributed by atoms with Crippen molar-refractivity contribution in [3.05, 3.63) is 107 Å². The van der Waals surface area contributed by atoms with E-state index in [0.29, 0.717) is 11.5 Å². The molecule has 45 heavy (non-hydrogen) atoms. The van der Waals surface area contributed by atoms with Gasteiger partial charge in [0.2, 0.25) is 0 Å². The largest absolute Gasteiger partial charge is 2.00 e. The number of nitrogens with zero attached hydrogens (tertiary/aromatic N) is 2. The van der Waals surface area contributed by atoms with Crippen LogP contribution in [-0.2, 0) is 36.0 Å². The number of benzene rings is 3. The Balaban J connectivity index is 0.00000400. The van der Waals surface area contributed by atoms with Gasteiger partial charge in [-0.15, -0.1) is 0 Å². The maximum absolute atomic E-state index is 13.8. The molecule has 0 saturated carbocycles. The number of hydrogen-bond acceptors (Lipinski definition) is 4. The molecular weight excluding hydrogens is 851 g/mol. The van der Waals surface area contributed by atoms with Crippen LogP contribution in [0, 0.1) is 31.4 Å². The predicted molar refractivity (Wildman–Crippen MR) is 180 cm³/mol. The van der Waals surface area contributed by atoms with Crippen molar-refractivity contribution in [1.29, 1.82) is 0 Å². The SMILES string of the molecule is Cc1cc(Oc2[c-]c(-c3nccc4c3-c3ccc(CC(C)(C)C)cc3[Te]4=O)cc(C)c2)[c-]c(-c2cc(C(C)(C)C)ccn2)c1.[Pt+2]. The molecule has 0 saturated heterocycles. The minimum atomic E-state index is -2.94.